The molecule has 1 aliphatic carbocycles. The van der Waals surface area contributed by atoms with Crippen molar-refractivity contribution < 1.29 is 29.3 Å². The summed E-state index contributed by atoms with van der Waals surface area (Å²) in [5, 5.41) is 29.3. The molecule has 3 rings (SSSR count). The molecule has 0 spiro atoms. The van der Waals surface area contributed by atoms with Crippen LogP contribution in [0.5, 0.6) is 5.75 Å². The minimum atomic E-state index is -1.04. The fraction of sp³-hybridized carbons (Fsp3) is 0.208. The van der Waals surface area contributed by atoms with E-state index in [9.17, 15) is 24.6 Å². The second-order valence-electron chi connectivity index (χ2n) is 6.33. The number of aliphatic carboxylic acids is 1. The molecule has 0 aromatic heterocycles. The molecule has 1 aromatic rings. The highest BCUT2D eigenvalue weighted by molar-refractivity contribution is 6.11. The molecule has 8 heteroatoms. The molecule has 8 nitrogen and oxygen atoms in total. The van der Waals surface area contributed by atoms with Gasteiger partial charge in [0.25, 0.3) is 0 Å². The summed E-state index contributed by atoms with van der Waals surface area (Å²) in [6, 6.07) is 9.02. The molecule has 1 amide bonds. The number of fused-ring (bicyclic) bond motifs is 2. The van der Waals surface area contributed by atoms with Crippen LogP contribution in [0.3, 0.4) is 0 Å². The number of allylic oxidation sites excluding steroid dienone is 2. The van der Waals surface area contributed by atoms with Crippen LogP contribution >= 0.6 is 0 Å². The van der Waals surface area contributed by atoms with Crippen LogP contribution < -0.4 is 10.7 Å². The maximum absolute atomic E-state index is 11.7. The molecular formula is C24H27NO7. The van der Waals surface area contributed by atoms with Gasteiger partial charge in [0.2, 0.25) is 5.91 Å². The largest absolute Gasteiger partial charge is 0.508 e. The molecule has 4 N–H and O–H groups in total. The van der Waals surface area contributed by atoms with Gasteiger partial charge in [-0.2, -0.15) is 0 Å². The number of aliphatic hydroxyl groups excluding tert-OH is 1. The van der Waals surface area contributed by atoms with Gasteiger partial charge in [-0.25, -0.2) is 4.79 Å². The van der Waals surface area contributed by atoms with Gasteiger partial charge < -0.3 is 25.1 Å². The normalized spacial score (nSPS) is 11.2. The number of carbonyl (C=O) groups is 2. The third-order valence-electron chi connectivity index (χ3n) is 4.40. The first-order valence-electron chi connectivity index (χ1n) is 9.62. The van der Waals surface area contributed by atoms with Gasteiger partial charge in [0.05, 0.1) is 5.57 Å². The Bertz CT molecular complexity index is 1190. The molecular weight excluding hydrogens is 414 g/mol. The van der Waals surface area contributed by atoms with Crippen molar-refractivity contribution in [3.05, 3.63) is 69.9 Å². The summed E-state index contributed by atoms with van der Waals surface area (Å²) in [6.07, 6.45) is 3.25. The van der Waals surface area contributed by atoms with Crippen LogP contribution in [0.25, 0.3) is 27.9 Å². The van der Waals surface area contributed by atoms with E-state index in [-0.39, 0.29) is 22.7 Å². The highest BCUT2D eigenvalue weighted by Crippen LogP contribution is 2.40. The summed E-state index contributed by atoms with van der Waals surface area (Å²) in [5.74, 6) is -0.686. The van der Waals surface area contributed by atoms with Crippen LogP contribution in [0.2, 0.25) is 0 Å². The summed E-state index contributed by atoms with van der Waals surface area (Å²) in [6.45, 7) is 4.89. The number of nitrogens with one attached hydrogen (secondary N) is 1. The van der Waals surface area contributed by atoms with Gasteiger partial charge in [-0.15, -0.1) is 0 Å². The minimum absolute atomic E-state index is 0.00463. The minimum Gasteiger partial charge on any atom is -0.508 e. The van der Waals surface area contributed by atoms with Gasteiger partial charge in [0.1, 0.15) is 17.1 Å². The second-order valence-corrected chi connectivity index (χ2v) is 6.33. The zero-order chi connectivity index (χ0) is 24.4. The molecule has 1 heterocycles. The highest BCUT2D eigenvalue weighted by Gasteiger charge is 2.23. The van der Waals surface area contributed by atoms with Crippen LogP contribution in [-0.4, -0.2) is 41.4 Å². The van der Waals surface area contributed by atoms with E-state index in [0.717, 1.165) is 7.11 Å². The number of carbonyl (C=O) groups excluding carboxylic acids is 1. The van der Waals surface area contributed by atoms with Gasteiger partial charge in [0, 0.05) is 49.7 Å². The third kappa shape index (κ3) is 6.05. The number of carboxylic acid groups (broad SMARTS) is 1. The lowest BCUT2D eigenvalue weighted by atomic mass is 9.89. The van der Waals surface area contributed by atoms with Crippen LogP contribution in [0, 0.1) is 0 Å². The fourth-order valence-corrected chi connectivity index (χ4v) is 2.98. The van der Waals surface area contributed by atoms with E-state index in [0.29, 0.717) is 33.4 Å². The Morgan fingerprint density at radius 3 is 2.16 bits per heavy atom. The van der Waals surface area contributed by atoms with Crippen molar-refractivity contribution in [3.63, 3.8) is 0 Å². The standard InChI is InChI=1S/C20H16O5.C3H7NO.CH4O/c1-3-13(14(4-2)20(23)24)19-15-7-5-11(21)9-17(15)25-18-10-12(22)6-8-16(18)19;1-3(5)4-2;1-2/h3-10,21H,1-2H3,(H,23,24);1-2H3,(H,4,5);2H,1H3/b13-3+,14-4+;;. The number of benzene rings is 2. The van der Waals surface area contributed by atoms with E-state index >= 15 is 0 Å². The summed E-state index contributed by atoms with van der Waals surface area (Å²) < 4.78 is 5.76. The van der Waals surface area contributed by atoms with Crippen LogP contribution in [0.1, 0.15) is 26.3 Å². The smallest absolute Gasteiger partial charge is 0.335 e. The number of rotatable bonds is 3. The Morgan fingerprint density at radius 2 is 1.66 bits per heavy atom. The van der Waals surface area contributed by atoms with Crippen molar-refractivity contribution in [2.75, 3.05) is 14.2 Å². The molecule has 0 saturated carbocycles. The summed E-state index contributed by atoms with van der Waals surface area (Å²) in [7, 11) is 2.60. The first kappa shape index (κ1) is 26.1. The van der Waals surface area contributed by atoms with E-state index in [1.165, 1.54) is 37.3 Å². The maximum atomic E-state index is 11.7. The molecule has 0 bridgehead atoms. The quantitative estimate of drug-likeness (QED) is 0.278. The topological polar surface area (TPSA) is 137 Å². The van der Waals surface area contributed by atoms with Crippen molar-refractivity contribution in [2.24, 2.45) is 0 Å². The SMILES string of the molecule is C/C=C(\C(=C/C)C(=O)O)c1c2ccc(=O)cc-2oc2cc(O)ccc12.CNC(C)=O.CO. The average Bonchev–Trinajstić information content (AvgIpc) is 2.77. The fourth-order valence-electron chi connectivity index (χ4n) is 2.98. The summed E-state index contributed by atoms with van der Waals surface area (Å²) in [5.41, 5.74) is 2.10. The lowest BCUT2D eigenvalue weighted by Gasteiger charge is -2.17. The van der Waals surface area contributed by atoms with Crippen LogP contribution in [0.4, 0.5) is 0 Å². The predicted octanol–water partition coefficient (Wildman–Crippen LogP) is 3.40. The van der Waals surface area contributed by atoms with Gasteiger partial charge in [-0.1, -0.05) is 12.2 Å². The Labute approximate surface area is 185 Å². The second kappa shape index (κ2) is 12.1. The van der Waals surface area contributed by atoms with Crippen molar-refractivity contribution >= 4 is 28.4 Å². The number of carboxylic acids is 1. The molecule has 170 valence electrons. The number of hydrogen-bond donors (Lipinski definition) is 4. The van der Waals surface area contributed by atoms with Crippen molar-refractivity contribution in [1.82, 2.24) is 5.32 Å². The monoisotopic (exact) mass is 441 g/mol. The third-order valence-corrected chi connectivity index (χ3v) is 4.40. The van der Waals surface area contributed by atoms with Crippen molar-refractivity contribution in [1.29, 1.82) is 0 Å². The zero-order valence-electron chi connectivity index (χ0n) is 18.6. The van der Waals surface area contributed by atoms with Gasteiger partial charge in [-0.3, -0.25) is 9.59 Å². The molecule has 1 aliphatic heterocycles. The number of hydrogen-bond acceptors (Lipinski definition) is 6. The summed E-state index contributed by atoms with van der Waals surface area (Å²) >= 11 is 0. The van der Waals surface area contributed by atoms with Gasteiger partial charge in [-0.05, 0) is 43.7 Å². The van der Waals surface area contributed by atoms with Crippen molar-refractivity contribution in [2.45, 2.75) is 20.8 Å². The lowest BCUT2D eigenvalue weighted by molar-refractivity contribution is -0.132. The van der Waals surface area contributed by atoms with E-state index in [2.05, 4.69) is 5.32 Å². The van der Waals surface area contributed by atoms with E-state index in [1.54, 1.807) is 39.1 Å². The first-order chi connectivity index (χ1) is 15.2. The zero-order valence-corrected chi connectivity index (χ0v) is 18.6. The molecule has 0 saturated heterocycles. The molecule has 32 heavy (non-hydrogen) atoms. The lowest BCUT2D eigenvalue weighted by Crippen LogP contribution is -2.11. The average molecular weight is 441 g/mol. The molecule has 1 aromatic carbocycles. The van der Waals surface area contributed by atoms with Crippen LogP contribution in [-0.2, 0) is 9.59 Å². The van der Waals surface area contributed by atoms with E-state index in [4.69, 9.17) is 9.52 Å². The Balaban J connectivity index is 0.000000646. The Kier molecular flexibility index (Phi) is 9.85. The van der Waals surface area contributed by atoms with Crippen molar-refractivity contribution in [3.8, 4) is 17.1 Å². The first-order valence-corrected chi connectivity index (χ1v) is 9.62. The van der Waals surface area contributed by atoms with E-state index < -0.39 is 5.97 Å². The van der Waals surface area contributed by atoms with Gasteiger partial charge >= 0.3 is 5.97 Å². The van der Waals surface area contributed by atoms with Crippen LogP contribution in [0.15, 0.2) is 63.3 Å². The number of phenolic OH excluding ortho intramolecular Hbond substituents is 1. The summed E-state index contributed by atoms with van der Waals surface area (Å²) in [4.78, 5) is 33.1. The van der Waals surface area contributed by atoms with E-state index in [1.807, 2.05) is 0 Å². The Hall–Kier alpha value is -3.91. The number of phenols is 1. The highest BCUT2D eigenvalue weighted by atomic mass is 16.4. The van der Waals surface area contributed by atoms with Gasteiger partial charge in [0.15, 0.2) is 5.43 Å². The predicted molar refractivity (Wildman–Crippen MR) is 124 cm³/mol. The number of amides is 1. The molecule has 2 aliphatic rings. The molecule has 0 fully saturated rings. The Morgan fingerprint density at radius 1 is 1.03 bits per heavy atom. The number of aromatic hydroxyl groups is 1. The number of aliphatic hydroxyl groups is 1. The molecule has 0 radical (unpaired) electrons. The molecule has 0 atom stereocenters. The maximum Gasteiger partial charge on any atom is 0.335 e. The molecule has 0 unspecified atom stereocenters.